The van der Waals surface area contributed by atoms with Crippen molar-refractivity contribution in [2.75, 3.05) is 31.1 Å². The van der Waals surface area contributed by atoms with E-state index in [0.29, 0.717) is 38.7 Å². The van der Waals surface area contributed by atoms with E-state index in [9.17, 15) is 18.2 Å². The van der Waals surface area contributed by atoms with Crippen molar-refractivity contribution in [2.45, 2.75) is 36.6 Å². The first-order valence-corrected chi connectivity index (χ1v) is 13.3. The average Bonchev–Trinajstić information content (AvgIpc) is 2.99. The molecular formula is C28H30FN3O3S. The van der Waals surface area contributed by atoms with E-state index in [1.807, 2.05) is 0 Å². The summed E-state index contributed by atoms with van der Waals surface area (Å²) in [6.07, 6.45) is 0.826. The first kappa shape index (κ1) is 25.7. The Morgan fingerprint density at radius 2 is 1.72 bits per heavy atom. The summed E-state index contributed by atoms with van der Waals surface area (Å²) in [4.78, 5) is 31.3. The lowest BCUT2D eigenvalue weighted by atomic mass is 10.1. The number of fused-ring (bicyclic) bond motifs is 2. The van der Waals surface area contributed by atoms with Gasteiger partial charge in [0, 0.05) is 12.1 Å². The minimum atomic E-state index is -1.61. The predicted octanol–water partition coefficient (Wildman–Crippen LogP) is 4.61. The van der Waals surface area contributed by atoms with Crippen molar-refractivity contribution >= 4 is 28.3 Å². The molecule has 0 fully saturated rings. The molecule has 6 nitrogen and oxygen atoms in total. The first-order chi connectivity index (χ1) is 17.4. The van der Waals surface area contributed by atoms with Crippen LogP contribution in [0.1, 0.15) is 46.5 Å². The fourth-order valence-corrected chi connectivity index (χ4v) is 5.63. The quantitative estimate of drug-likeness (QED) is 0.430. The molecule has 1 aliphatic rings. The Balaban J connectivity index is 1.65. The highest BCUT2D eigenvalue weighted by Gasteiger charge is 2.31. The fraction of sp³-hybridized carbons (Fsp3) is 0.286. The number of hydrogen-bond donors (Lipinski definition) is 1. The number of carbonyl (C=O) groups excluding carboxylic acids is 2. The number of rotatable bonds is 9. The fourth-order valence-electron chi connectivity index (χ4n) is 4.28. The summed E-state index contributed by atoms with van der Waals surface area (Å²) in [5.41, 5.74) is 1.86. The molecule has 1 N–H and O–H groups in total. The maximum absolute atomic E-state index is 13.6. The third kappa shape index (κ3) is 5.55. The van der Waals surface area contributed by atoms with E-state index in [4.69, 9.17) is 0 Å². The number of anilines is 1. The lowest BCUT2D eigenvalue weighted by molar-refractivity contribution is 0.0948. The molecule has 1 heterocycles. The first-order valence-electron chi connectivity index (χ1n) is 12.1. The highest BCUT2D eigenvalue weighted by molar-refractivity contribution is 7.85. The van der Waals surface area contributed by atoms with E-state index < -0.39 is 10.8 Å². The van der Waals surface area contributed by atoms with E-state index in [-0.39, 0.29) is 24.2 Å². The zero-order valence-corrected chi connectivity index (χ0v) is 21.3. The predicted molar refractivity (Wildman–Crippen MR) is 139 cm³/mol. The Bertz CT molecular complexity index is 1280. The van der Waals surface area contributed by atoms with E-state index >= 15 is 0 Å². The molecule has 0 bridgehead atoms. The molecule has 0 radical (unpaired) electrons. The summed E-state index contributed by atoms with van der Waals surface area (Å²) < 4.78 is 27.0. The number of hydrogen-bond acceptors (Lipinski definition) is 4. The summed E-state index contributed by atoms with van der Waals surface area (Å²) in [7, 11) is -1.61. The summed E-state index contributed by atoms with van der Waals surface area (Å²) in [5, 5.41) is 2.95. The van der Waals surface area contributed by atoms with Gasteiger partial charge in [0.15, 0.2) is 0 Å². The minimum Gasteiger partial charge on any atom is -0.352 e. The van der Waals surface area contributed by atoms with Crippen molar-refractivity contribution in [1.82, 2.24) is 10.2 Å². The number of nitrogens with zero attached hydrogens (tertiary/aromatic N) is 2. The minimum absolute atomic E-state index is 0.145. The van der Waals surface area contributed by atoms with E-state index in [2.05, 4.69) is 24.1 Å². The van der Waals surface area contributed by atoms with E-state index in [1.165, 1.54) is 17.0 Å². The zero-order chi connectivity index (χ0) is 25.7. The van der Waals surface area contributed by atoms with Crippen LogP contribution in [-0.2, 0) is 17.3 Å². The van der Waals surface area contributed by atoms with Gasteiger partial charge in [-0.3, -0.25) is 9.59 Å². The van der Waals surface area contributed by atoms with Crippen molar-refractivity contribution in [3.05, 3.63) is 89.2 Å². The van der Waals surface area contributed by atoms with Crippen LogP contribution < -0.4 is 10.2 Å². The van der Waals surface area contributed by atoms with Gasteiger partial charge in [-0.25, -0.2) is 8.60 Å². The third-order valence-electron chi connectivity index (χ3n) is 6.36. The lowest BCUT2D eigenvalue weighted by Crippen LogP contribution is -2.31. The van der Waals surface area contributed by atoms with Crippen LogP contribution in [0.15, 0.2) is 76.5 Å². The van der Waals surface area contributed by atoms with Crippen LogP contribution in [0.3, 0.4) is 0 Å². The Labute approximate surface area is 213 Å². The van der Waals surface area contributed by atoms with Gasteiger partial charge >= 0.3 is 0 Å². The van der Waals surface area contributed by atoms with Gasteiger partial charge in [-0.1, -0.05) is 38.1 Å². The normalized spacial score (nSPS) is 14.8. The second kappa shape index (κ2) is 11.6. The van der Waals surface area contributed by atoms with Crippen LogP contribution in [0, 0.1) is 5.82 Å². The Morgan fingerprint density at radius 1 is 1.00 bits per heavy atom. The Kier molecular flexibility index (Phi) is 8.28. The molecule has 4 rings (SSSR count). The molecule has 0 unspecified atom stereocenters. The molecular weight excluding hydrogens is 477 g/mol. The molecule has 188 valence electrons. The van der Waals surface area contributed by atoms with Crippen molar-refractivity contribution < 1.29 is 18.2 Å². The summed E-state index contributed by atoms with van der Waals surface area (Å²) in [6, 6.07) is 17.7. The molecule has 0 spiro atoms. The molecule has 1 atom stereocenters. The van der Waals surface area contributed by atoms with Crippen molar-refractivity contribution in [3.8, 4) is 0 Å². The van der Waals surface area contributed by atoms with Gasteiger partial charge in [0.1, 0.15) is 5.82 Å². The average molecular weight is 508 g/mol. The van der Waals surface area contributed by atoms with Gasteiger partial charge in [0.2, 0.25) is 0 Å². The van der Waals surface area contributed by atoms with Gasteiger partial charge in [0.25, 0.3) is 11.8 Å². The molecule has 0 aliphatic carbocycles. The van der Waals surface area contributed by atoms with Crippen LogP contribution in [0.25, 0.3) is 0 Å². The molecule has 0 saturated heterocycles. The summed E-state index contributed by atoms with van der Waals surface area (Å²) >= 11 is 0. The van der Waals surface area contributed by atoms with Gasteiger partial charge in [-0.2, -0.15) is 0 Å². The number of amides is 2. The monoisotopic (exact) mass is 507 g/mol. The van der Waals surface area contributed by atoms with Crippen LogP contribution in [-0.4, -0.2) is 47.1 Å². The van der Waals surface area contributed by atoms with Crippen LogP contribution in [0.4, 0.5) is 10.1 Å². The summed E-state index contributed by atoms with van der Waals surface area (Å²) in [6.45, 7) is 7.72. The molecule has 0 aromatic heterocycles. The molecule has 2 amide bonds. The second-order valence-corrected chi connectivity index (χ2v) is 10.0. The smallest absolute Gasteiger partial charge is 0.259 e. The number of carbonyl (C=O) groups is 2. The van der Waals surface area contributed by atoms with Gasteiger partial charge in [-0.05, 0) is 74.1 Å². The van der Waals surface area contributed by atoms with Crippen LogP contribution in [0.5, 0.6) is 0 Å². The van der Waals surface area contributed by atoms with Crippen molar-refractivity contribution in [1.29, 1.82) is 0 Å². The highest BCUT2D eigenvalue weighted by atomic mass is 32.2. The lowest BCUT2D eigenvalue weighted by Gasteiger charge is -2.23. The van der Waals surface area contributed by atoms with Crippen molar-refractivity contribution in [3.63, 3.8) is 0 Å². The van der Waals surface area contributed by atoms with Crippen molar-refractivity contribution in [2.24, 2.45) is 0 Å². The zero-order valence-electron chi connectivity index (χ0n) is 20.5. The standard InChI is InChI=1S/C28H30FN3O3S/c1-3-31(4-2)17-7-16-30-27(33)21-12-15-26-24(18-21)32(19-20-10-13-22(29)14-11-20)28(34)23-8-5-6-9-25(23)36(26)35/h5-6,8-15,18H,3-4,7,16-17,19H2,1-2H3,(H,30,33)/t36-/m0/s1. The van der Waals surface area contributed by atoms with Gasteiger partial charge in [-0.15, -0.1) is 0 Å². The third-order valence-corrected chi connectivity index (χ3v) is 7.86. The molecule has 1 aliphatic heterocycles. The maximum atomic E-state index is 13.6. The molecule has 0 saturated carbocycles. The molecule has 3 aromatic rings. The number of halogens is 1. The number of nitrogens with one attached hydrogen (secondary N) is 1. The SMILES string of the molecule is CCN(CC)CCCNC(=O)c1ccc2c(c1)N(Cc1ccc(F)cc1)C(=O)c1ccccc1[S@@]2=O. The largest absolute Gasteiger partial charge is 0.352 e. The van der Waals surface area contributed by atoms with E-state index in [0.717, 1.165) is 26.1 Å². The molecule has 8 heteroatoms. The van der Waals surface area contributed by atoms with Crippen LogP contribution in [0.2, 0.25) is 0 Å². The van der Waals surface area contributed by atoms with E-state index in [1.54, 1.807) is 54.6 Å². The topological polar surface area (TPSA) is 69.7 Å². The van der Waals surface area contributed by atoms with Gasteiger partial charge in [0.05, 0.1) is 38.4 Å². The molecule has 36 heavy (non-hydrogen) atoms. The maximum Gasteiger partial charge on any atom is 0.259 e. The van der Waals surface area contributed by atoms with Crippen LogP contribution >= 0.6 is 0 Å². The van der Waals surface area contributed by atoms with Gasteiger partial charge < -0.3 is 15.1 Å². The Morgan fingerprint density at radius 3 is 2.44 bits per heavy atom. The highest BCUT2D eigenvalue weighted by Crippen LogP contribution is 2.36. The Hall–Kier alpha value is -3.36. The number of benzene rings is 3. The molecule has 3 aromatic carbocycles. The second-order valence-electron chi connectivity index (χ2n) is 8.60. The summed E-state index contributed by atoms with van der Waals surface area (Å²) in [5.74, 6) is -0.939.